The van der Waals surface area contributed by atoms with Crippen molar-refractivity contribution in [2.75, 3.05) is 31.1 Å². The van der Waals surface area contributed by atoms with Gasteiger partial charge in [0.1, 0.15) is 0 Å². The van der Waals surface area contributed by atoms with Gasteiger partial charge in [0, 0.05) is 43.8 Å². The third-order valence-corrected chi connectivity index (χ3v) is 5.28. The van der Waals surface area contributed by atoms with E-state index in [0.717, 1.165) is 5.69 Å². The Labute approximate surface area is 168 Å². The summed E-state index contributed by atoms with van der Waals surface area (Å²) in [5, 5.41) is 14.6. The fraction of sp³-hybridized carbons (Fsp3) is 0.273. The number of nitrogens with zero attached hydrogens (tertiary/aromatic N) is 5. The van der Waals surface area contributed by atoms with Crippen LogP contribution in [0.15, 0.2) is 53.3 Å². The van der Waals surface area contributed by atoms with E-state index in [-0.39, 0.29) is 11.5 Å². The molecule has 1 aromatic heterocycles. The SMILES string of the molecule is CCn1nc(C(=O)N2CCN(c3cccc(C#N)c3)CC2)c2ccccc2c1=O. The number of carbonyl (C=O) groups excluding carboxylic acids is 1. The van der Waals surface area contributed by atoms with Gasteiger partial charge in [-0.2, -0.15) is 10.4 Å². The Morgan fingerprint density at radius 1 is 1.07 bits per heavy atom. The van der Waals surface area contributed by atoms with Crippen LogP contribution in [0.5, 0.6) is 0 Å². The zero-order valence-corrected chi connectivity index (χ0v) is 16.2. The molecule has 0 atom stereocenters. The fourth-order valence-corrected chi connectivity index (χ4v) is 3.70. The third kappa shape index (κ3) is 3.45. The average molecular weight is 387 g/mol. The van der Waals surface area contributed by atoms with E-state index < -0.39 is 0 Å². The predicted octanol–water partition coefficient (Wildman–Crippen LogP) is 2.25. The number of carbonyl (C=O) groups is 1. The predicted molar refractivity (Wildman–Crippen MR) is 111 cm³/mol. The monoisotopic (exact) mass is 387 g/mol. The molecule has 1 saturated heterocycles. The Kier molecular flexibility index (Phi) is 5.00. The average Bonchev–Trinajstić information content (AvgIpc) is 2.79. The van der Waals surface area contributed by atoms with E-state index in [1.165, 1.54) is 4.68 Å². The van der Waals surface area contributed by atoms with Crippen molar-refractivity contribution in [3.05, 3.63) is 70.1 Å². The molecule has 0 bridgehead atoms. The maximum absolute atomic E-state index is 13.2. The molecule has 0 spiro atoms. The van der Waals surface area contributed by atoms with Gasteiger partial charge in [-0.3, -0.25) is 9.59 Å². The number of amides is 1. The summed E-state index contributed by atoms with van der Waals surface area (Å²) in [5.74, 6) is -0.158. The summed E-state index contributed by atoms with van der Waals surface area (Å²) >= 11 is 0. The molecule has 0 radical (unpaired) electrons. The molecule has 1 amide bonds. The van der Waals surface area contributed by atoms with Crippen LogP contribution in [0.1, 0.15) is 23.0 Å². The zero-order chi connectivity index (χ0) is 20.4. The van der Waals surface area contributed by atoms with Crippen LogP contribution in [0.2, 0.25) is 0 Å². The minimum Gasteiger partial charge on any atom is -0.368 e. The second-order valence-electron chi connectivity index (χ2n) is 6.96. The van der Waals surface area contributed by atoms with Crippen LogP contribution < -0.4 is 10.5 Å². The molecule has 2 aromatic carbocycles. The number of anilines is 1. The quantitative estimate of drug-likeness (QED) is 0.688. The van der Waals surface area contributed by atoms with Gasteiger partial charge in [0.2, 0.25) is 0 Å². The first-order chi connectivity index (χ1) is 14.1. The van der Waals surface area contributed by atoms with Gasteiger partial charge in [-0.1, -0.05) is 24.3 Å². The van der Waals surface area contributed by atoms with Gasteiger partial charge in [0.25, 0.3) is 11.5 Å². The third-order valence-electron chi connectivity index (χ3n) is 5.28. The van der Waals surface area contributed by atoms with Gasteiger partial charge in [0.05, 0.1) is 17.0 Å². The lowest BCUT2D eigenvalue weighted by Gasteiger charge is -2.36. The van der Waals surface area contributed by atoms with Crippen LogP contribution in [0.25, 0.3) is 10.8 Å². The summed E-state index contributed by atoms with van der Waals surface area (Å²) in [7, 11) is 0. The van der Waals surface area contributed by atoms with E-state index >= 15 is 0 Å². The fourth-order valence-electron chi connectivity index (χ4n) is 3.70. The zero-order valence-electron chi connectivity index (χ0n) is 16.2. The lowest BCUT2D eigenvalue weighted by molar-refractivity contribution is 0.0740. The second-order valence-corrected chi connectivity index (χ2v) is 6.96. The van der Waals surface area contributed by atoms with Crippen molar-refractivity contribution >= 4 is 22.4 Å². The summed E-state index contributed by atoms with van der Waals surface area (Å²) in [5.41, 5.74) is 1.75. The van der Waals surface area contributed by atoms with Crippen molar-refractivity contribution in [2.45, 2.75) is 13.5 Å². The van der Waals surface area contributed by atoms with Crippen LogP contribution in [0.3, 0.4) is 0 Å². The van der Waals surface area contributed by atoms with Crippen LogP contribution in [-0.2, 0) is 6.54 Å². The molecular weight excluding hydrogens is 366 g/mol. The highest BCUT2D eigenvalue weighted by Crippen LogP contribution is 2.20. The molecule has 146 valence electrons. The Morgan fingerprint density at radius 3 is 2.48 bits per heavy atom. The first-order valence-electron chi connectivity index (χ1n) is 9.66. The maximum atomic E-state index is 13.2. The molecule has 0 unspecified atom stereocenters. The summed E-state index contributed by atoms with van der Waals surface area (Å²) in [6, 6.07) is 16.8. The van der Waals surface area contributed by atoms with Crippen molar-refractivity contribution in [3.8, 4) is 6.07 Å². The number of rotatable bonds is 3. The van der Waals surface area contributed by atoms with E-state index in [1.807, 2.05) is 31.2 Å². The summed E-state index contributed by atoms with van der Waals surface area (Å²) in [6.07, 6.45) is 0. The number of nitriles is 1. The lowest BCUT2D eigenvalue weighted by atomic mass is 10.1. The van der Waals surface area contributed by atoms with Crippen LogP contribution >= 0.6 is 0 Å². The highest BCUT2D eigenvalue weighted by Gasteiger charge is 2.26. The smallest absolute Gasteiger partial charge is 0.275 e. The Balaban J connectivity index is 1.58. The van der Waals surface area contributed by atoms with Crippen molar-refractivity contribution in [1.82, 2.24) is 14.7 Å². The topological polar surface area (TPSA) is 82.2 Å². The van der Waals surface area contributed by atoms with E-state index in [1.54, 1.807) is 29.2 Å². The number of hydrogen-bond acceptors (Lipinski definition) is 5. The standard InChI is InChI=1S/C22H21N5O2/c1-2-27-21(28)19-9-4-3-8-18(19)20(24-27)22(29)26-12-10-25(11-13-26)17-7-5-6-16(14-17)15-23/h3-9,14H,2,10-13H2,1H3. The molecule has 0 aliphatic carbocycles. The van der Waals surface area contributed by atoms with Crippen LogP contribution in [-0.4, -0.2) is 46.8 Å². The molecule has 0 N–H and O–H groups in total. The van der Waals surface area contributed by atoms with Gasteiger partial charge in [-0.25, -0.2) is 4.68 Å². The largest absolute Gasteiger partial charge is 0.368 e. The van der Waals surface area contributed by atoms with Gasteiger partial charge >= 0.3 is 0 Å². The van der Waals surface area contributed by atoms with Crippen molar-refractivity contribution in [3.63, 3.8) is 0 Å². The van der Waals surface area contributed by atoms with Crippen LogP contribution in [0, 0.1) is 11.3 Å². The summed E-state index contributed by atoms with van der Waals surface area (Å²) in [4.78, 5) is 29.7. The number of aryl methyl sites for hydroxylation is 1. The highest BCUT2D eigenvalue weighted by molar-refractivity contribution is 6.04. The number of hydrogen-bond donors (Lipinski definition) is 0. The first-order valence-corrected chi connectivity index (χ1v) is 9.66. The molecule has 0 saturated carbocycles. The molecule has 29 heavy (non-hydrogen) atoms. The molecule has 2 heterocycles. The molecular formula is C22H21N5O2. The highest BCUT2D eigenvalue weighted by atomic mass is 16.2. The minimum absolute atomic E-state index is 0.158. The van der Waals surface area contributed by atoms with Crippen molar-refractivity contribution in [1.29, 1.82) is 5.26 Å². The molecule has 1 aliphatic heterocycles. The number of fused-ring (bicyclic) bond motifs is 1. The number of benzene rings is 2. The van der Waals surface area contributed by atoms with Crippen LogP contribution in [0.4, 0.5) is 5.69 Å². The lowest BCUT2D eigenvalue weighted by Crippen LogP contribution is -2.49. The summed E-state index contributed by atoms with van der Waals surface area (Å²) in [6.45, 7) is 4.70. The minimum atomic E-state index is -0.179. The van der Waals surface area contributed by atoms with Gasteiger partial charge in [0.15, 0.2) is 5.69 Å². The number of aromatic nitrogens is 2. The molecule has 7 heteroatoms. The Bertz CT molecular complexity index is 1170. The molecule has 7 nitrogen and oxygen atoms in total. The van der Waals surface area contributed by atoms with Gasteiger partial charge in [-0.15, -0.1) is 0 Å². The van der Waals surface area contributed by atoms with Gasteiger partial charge in [-0.05, 0) is 31.2 Å². The second kappa shape index (κ2) is 7.76. The summed E-state index contributed by atoms with van der Waals surface area (Å²) < 4.78 is 1.35. The first kappa shape index (κ1) is 18.7. The molecule has 3 aromatic rings. The maximum Gasteiger partial charge on any atom is 0.275 e. The van der Waals surface area contributed by atoms with E-state index in [0.29, 0.717) is 54.8 Å². The molecule has 1 aliphatic rings. The molecule has 1 fully saturated rings. The van der Waals surface area contributed by atoms with Crippen molar-refractivity contribution < 1.29 is 4.79 Å². The Morgan fingerprint density at radius 2 is 1.79 bits per heavy atom. The van der Waals surface area contributed by atoms with Gasteiger partial charge < -0.3 is 9.80 Å². The van der Waals surface area contributed by atoms with E-state index in [9.17, 15) is 9.59 Å². The molecule has 4 rings (SSSR count). The van der Waals surface area contributed by atoms with E-state index in [4.69, 9.17) is 5.26 Å². The number of piperazine rings is 1. The Hall–Kier alpha value is -3.66. The normalized spacial score (nSPS) is 14.1. The van der Waals surface area contributed by atoms with Crippen molar-refractivity contribution in [2.24, 2.45) is 0 Å². The van der Waals surface area contributed by atoms with E-state index in [2.05, 4.69) is 16.1 Å².